The summed E-state index contributed by atoms with van der Waals surface area (Å²) in [5, 5.41) is 9.78. The van der Waals surface area contributed by atoms with Crippen molar-refractivity contribution in [2.45, 2.75) is 78.2 Å². The molecule has 0 rings (SSSR count). The van der Waals surface area contributed by atoms with Gasteiger partial charge in [-0.25, -0.2) is 0 Å². The van der Waals surface area contributed by atoms with Gasteiger partial charge < -0.3 is 5.11 Å². The molecule has 0 aromatic heterocycles. The Labute approximate surface area is 111 Å². The summed E-state index contributed by atoms with van der Waals surface area (Å²) in [6.45, 7) is 6.66. The van der Waals surface area contributed by atoms with Gasteiger partial charge in [-0.3, -0.25) is 0 Å². The van der Waals surface area contributed by atoms with Crippen LogP contribution < -0.4 is 0 Å². The number of aliphatic hydroxyl groups is 1. The molecule has 1 N–H and O–H groups in total. The quantitative estimate of drug-likeness (QED) is 0.608. The van der Waals surface area contributed by atoms with Gasteiger partial charge in [-0.2, -0.15) is 0 Å². The summed E-state index contributed by atoms with van der Waals surface area (Å²) < 4.78 is 0. The first-order valence-corrected chi connectivity index (χ1v) is 6.42. The summed E-state index contributed by atoms with van der Waals surface area (Å²) in [7, 11) is 0. The van der Waals surface area contributed by atoms with E-state index in [1.807, 2.05) is 0 Å². The zero-order chi connectivity index (χ0) is 10.8. The van der Waals surface area contributed by atoms with Gasteiger partial charge in [0.25, 0.3) is 0 Å². The van der Waals surface area contributed by atoms with E-state index < -0.39 is 0 Å². The number of hydrogen-bond donors (Lipinski definition) is 1. The maximum absolute atomic E-state index is 9.78. The standard InChI is InChI=1S/C13H28O.Ti/c1-4-7-9-12(6-3)11-13(14)10-8-5-2;/h12-14H,4-11H2,1-3H3;. The Morgan fingerprint density at radius 3 is 1.93 bits per heavy atom. The van der Waals surface area contributed by atoms with Gasteiger partial charge in [-0.15, -0.1) is 0 Å². The Balaban J connectivity index is 0. The second-order valence-electron chi connectivity index (χ2n) is 4.45. The van der Waals surface area contributed by atoms with Crippen LogP contribution in [0.2, 0.25) is 0 Å². The Morgan fingerprint density at radius 2 is 1.47 bits per heavy atom. The molecule has 0 aliphatic rings. The first-order valence-electron chi connectivity index (χ1n) is 6.42. The topological polar surface area (TPSA) is 20.2 Å². The summed E-state index contributed by atoms with van der Waals surface area (Å²) in [6.07, 6.45) is 9.47. The summed E-state index contributed by atoms with van der Waals surface area (Å²) >= 11 is 0. The van der Waals surface area contributed by atoms with Gasteiger partial charge in [-0.05, 0) is 18.8 Å². The van der Waals surface area contributed by atoms with E-state index in [0.717, 1.165) is 18.8 Å². The van der Waals surface area contributed by atoms with Crippen molar-refractivity contribution < 1.29 is 26.8 Å². The molecule has 0 spiro atoms. The number of rotatable bonds is 9. The van der Waals surface area contributed by atoms with Gasteiger partial charge >= 0.3 is 0 Å². The van der Waals surface area contributed by atoms with E-state index in [-0.39, 0.29) is 27.8 Å². The van der Waals surface area contributed by atoms with E-state index in [9.17, 15) is 5.11 Å². The van der Waals surface area contributed by atoms with Gasteiger partial charge in [0, 0.05) is 21.7 Å². The molecule has 15 heavy (non-hydrogen) atoms. The fraction of sp³-hybridized carbons (Fsp3) is 1.00. The Kier molecular flexibility index (Phi) is 15.3. The third-order valence-corrected chi connectivity index (χ3v) is 3.04. The molecular weight excluding hydrogens is 220 g/mol. The van der Waals surface area contributed by atoms with Gasteiger partial charge in [0.1, 0.15) is 0 Å². The predicted octanol–water partition coefficient (Wildman–Crippen LogP) is 4.14. The molecule has 2 atom stereocenters. The monoisotopic (exact) mass is 248 g/mol. The molecule has 0 heterocycles. The van der Waals surface area contributed by atoms with Crippen molar-refractivity contribution in [2.24, 2.45) is 5.92 Å². The van der Waals surface area contributed by atoms with Gasteiger partial charge in [0.05, 0.1) is 6.10 Å². The van der Waals surface area contributed by atoms with Crippen LogP contribution in [-0.4, -0.2) is 11.2 Å². The summed E-state index contributed by atoms with van der Waals surface area (Å²) in [6, 6.07) is 0. The minimum Gasteiger partial charge on any atom is -0.393 e. The molecule has 1 nitrogen and oxygen atoms in total. The first-order chi connectivity index (χ1) is 6.74. The van der Waals surface area contributed by atoms with E-state index in [0.29, 0.717) is 0 Å². The van der Waals surface area contributed by atoms with Crippen LogP contribution in [0.1, 0.15) is 72.1 Å². The van der Waals surface area contributed by atoms with E-state index in [1.165, 1.54) is 38.5 Å². The average Bonchev–Trinajstić information content (AvgIpc) is 2.21. The van der Waals surface area contributed by atoms with E-state index in [4.69, 9.17) is 0 Å². The summed E-state index contributed by atoms with van der Waals surface area (Å²) in [5.41, 5.74) is 0. The maximum Gasteiger partial charge on any atom is 0.0542 e. The second-order valence-corrected chi connectivity index (χ2v) is 4.45. The first kappa shape index (κ1) is 18.1. The fourth-order valence-electron chi connectivity index (χ4n) is 1.92. The molecule has 0 bridgehead atoms. The number of aliphatic hydroxyl groups excluding tert-OH is 1. The van der Waals surface area contributed by atoms with Crippen molar-refractivity contribution in [3.8, 4) is 0 Å². The zero-order valence-corrected chi connectivity index (χ0v) is 12.3. The van der Waals surface area contributed by atoms with Crippen LogP contribution in [0.5, 0.6) is 0 Å². The van der Waals surface area contributed by atoms with Gasteiger partial charge in [0.15, 0.2) is 0 Å². The molecule has 0 aromatic carbocycles. The van der Waals surface area contributed by atoms with Crippen LogP contribution in [0, 0.1) is 5.92 Å². The molecule has 0 saturated heterocycles. The number of hydrogen-bond acceptors (Lipinski definition) is 1. The molecule has 0 saturated carbocycles. The average molecular weight is 248 g/mol. The number of unbranched alkanes of at least 4 members (excludes halogenated alkanes) is 2. The smallest absolute Gasteiger partial charge is 0.0542 e. The van der Waals surface area contributed by atoms with Crippen molar-refractivity contribution in [3.05, 3.63) is 0 Å². The molecule has 0 fully saturated rings. The van der Waals surface area contributed by atoms with Crippen molar-refractivity contribution in [2.75, 3.05) is 0 Å². The maximum atomic E-state index is 9.78. The van der Waals surface area contributed by atoms with E-state index in [2.05, 4.69) is 20.8 Å². The summed E-state index contributed by atoms with van der Waals surface area (Å²) in [4.78, 5) is 0. The van der Waals surface area contributed by atoms with Crippen LogP contribution in [0.15, 0.2) is 0 Å². The minimum absolute atomic E-state index is 0. The van der Waals surface area contributed by atoms with Crippen molar-refractivity contribution >= 4 is 0 Å². The van der Waals surface area contributed by atoms with Crippen molar-refractivity contribution in [1.29, 1.82) is 0 Å². The Bertz CT molecular complexity index is 117. The molecule has 0 radical (unpaired) electrons. The molecule has 0 aliphatic heterocycles. The SMILES string of the molecule is CCCCC(O)CC(CC)CCCC.[Ti]. The molecule has 90 valence electrons. The minimum atomic E-state index is -0.0447. The molecule has 0 amide bonds. The second kappa shape index (κ2) is 12.7. The van der Waals surface area contributed by atoms with E-state index in [1.54, 1.807) is 0 Å². The van der Waals surface area contributed by atoms with Crippen LogP contribution in [-0.2, 0) is 21.7 Å². The normalized spacial score (nSPS) is 14.4. The largest absolute Gasteiger partial charge is 0.393 e. The predicted molar refractivity (Wildman–Crippen MR) is 63.5 cm³/mol. The molecule has 2 heteroatoms. The molecule has 2 unspecified atom stereocenters. The van der Waals surface area contributed by atoms with Crippen LogP contribution in [0.25, 0.3) is 0 Å². The van der Waals surface area contributed by atoms with Gasteiger partial charge in [0.2, 0.25) is 0 Å². The van der Waals surface area contributed by atoms with Crippen molar-refractivity contribution in [3.63, 3.8) is 0 Å². The van der Waals surface area contributed by atoms with Crippen LogP contribution in [0.4, 0.5) is 0 Å². The van der Waals surface area contributed by atoms with Gasteiger partial charge in [-0.1, -0.05) is 59.3 Å². The third kappa shape index (κ3) is 10.9. The van der Waals surface area contributed by atoms with Crippen molar-refractivity contribution in [1.82, 2.24) is 0 Å². The Morgan fingerprint density at radius 1 is 0.933 bits per heavy atom. The summed E-state index contributed by atoms with van der Waals surface area (Å²) in [5.74, 6) is 0.752. The van der Waals surface area contributed by atoms with E-state index >= 15 is 0 Å². The fourth-order valence-corrected chi connectivity index (χ4v) is 1.92. The zero-order valence-electron chi connectivity index (χ0n) is 10.8. The Hall–Kier alpha value is 0.674. The molecule has 0 aliphatic carbocycles. The molecular formula is C13H28OTi. The third-order valence-electron chi connectivity index (χ3n) is 3.04. The van der Waals surface area contributed by atoms with Crippen LogP contribution in [0.3, 0.4) is 0 Å². The van der Waals surface area contributed by atoms with Crippen LogP contribution >= 0.6 is 0 Å². The molecule has 0 aromatic rings.